The highest BCUT2D eigenvalue weighted by atomic mass is 16.4. The van der Waals surface area contributed by atoms with Crippen LogP contribution in [0, 0.1) is 17.2 Å². The smallest absolute Gasteiger partial charge is 0.330 e. The van der Waals surface area contributed by atoms with Crippen LogP contribution in [-0.2, 0) is 4.79 Å². The van der Waals surface area contributed by atoms with E-state index in [-0.39, 0.29) is 17.9 Å². The van der Waals surface area contributed by atoms with E-state index in [4.69, 9.17) is 10.4 Å². The molecular formula is C8H11NO2. The van der Waals surface area contributed by atoms with Crippen LogP contribution in [0.1, 0.15) is 19.8 Å². The summed E-state index contributed by atoms with van der Waals surface area (Å²) in [5, 5.41) is 16.9. The first-order chi connectivity index (χ1) is 5.11. The Morgan fingerprint density at radius 2 is 2.36 bits per heavy atom. The Bertz CT molecular complexity index is 203. The average Bonchev–Trinajstić information content (AvgIpc) is 1.99. The van der Waals surface area contributed by atoms with Crippen molar-refractivity contribution in [1.82, 2.24) is 0 Å². The molecule has 0 rings (SSSR count). The van der Waals surface area contributed by atoms with Gasteiger partial charge in [-0.25, -0.2) is 4.79 Å². The standard InChI is InChI=1S/C8H11NO2/c1-3-7(5-9)4-6(2)8(10)11/h7H,2-4H2,1H3,(H,10,11). The van der Waals surface area contributed by atoms with Gasteiger partial charge in [-0.15, -0.1) is 0 Å². The van der Waals surface area contributed by atoms with Crippen LogP contribution in [0.2, 0.25) is 0 Å². The van der Waals surface area contributed by atoms with Crippen LogP contribution in [0.4, 0.5) is 0 Å². The van der Waals surface area contributed by atoms with Crippen molar-refractivity contribution in [2.45, 2.75) is 19.8 Å². The average molecular weight is 153 g/mol. The third kappa shape index (κ3) is 3.41. The fourth-order valence-corrected chi connectivity index (χ4v) is 0.666. The van der Waals surface area contributed by atoms with Gasteiger partial charge < -0.3 is 5.11 Å². The molecule has 0 saturated carbocycles. The van der Waals surface area contributed by atoms with Gasteiger partial charge in [-0.3, -0.25) is 0 Å². The minimum absolute atomic E-state index is 0.110. The second kappa shape index (κ2) is 4.51. The normalized spacial score (nSPS) is 11.6. The molecule has 60 valence electrons. The first-order valence-corrected chi connectivity index (χ1v) is 3.42. The molecule has 0 aromatic heterocycles. The van der Waals surface area contributed by atoms with E-state index >= 15 is 0 Å². The lowest BCUT2D eigenvalue weighted by molar-refractivity contribution is -0.132. The van der Waals surface area contributed by atoms with E-state index in [1.165, 1.54) is 0 Å². The summed E-state index contributed by atoms with van der Waals surface area (Å²) in [6, 6.07) is 2.01. The Kier molecular flexibility index (Phi) is 3.97. The van der Waals surface area contributed by atoms with Crippen LogP contribution < -0.4 is 0 Å². The maximum atomic E-state index is 10.3. The lowest BCUT2D eigenvalue weighted by atomic mass is 9.99. The summed E-state index contributed by atoms with van der Waals surface area (Å²) >= 11 is 0. The van der Waals surface area contributed by atoms with Crippen molar-refractivity contribution in [2.75, 3.05) is 0 Å². The fourth-order valence-electron chi connectivity index (χ4n) is 0.666. The molecule has 0 amide bonds. The molecule has 0 aromatic rings. The first-order valence-electron chi connectivity index (χ1n) is 3.42. The van der Waals surface area contributed by atoms with Crippen molar-refractivity contribution in [3.8, 4) is 6.07 Å². The van der Waals surface area contributed by atoms with Gasteiger partial charge in [0.2, 0.25) is 0 Å². The monoisotopic (exact) mass is 153 g/mol. The minimum atomic E-state index is -1.02. The number of carbonyl (C=O) groups is 1. The molecule has 0 aliphatic carbocycles. The van der Waals surface area contributed by atoms with Gasteiger partial charge in [0.15, 0.2) is 0 Å². The topological polar surface area (TPSA) is 61.1 Å². The zero-order valence-corrected chi connectivity index (χ0v) is 6.50. The number of carboxylic acid groups (broad SMARTS) is 1. The van der Waals surface area contributed by atoms with Crippen LogP contribution in [0.5, 0.6) is 0 Å². The van der Waals surface area contributed by atoms with E-state index in [9.17, 15) is 4.79 Å². The maximum absolute atomic E-state index is 10.3. The van der Waals surface area contributed by atoms with Gasteiger partial charge in [-0.2, -0.15) is 5.26 Å². The van der Waals surface area contributed by atoms with Gasteiger partial charge in [0.05, 0.1) is 12.0 Å². The Labute approximate surface area is 66.0 Å². The molecule has 1 unspecified atom stereocenters. The minimum Gasteiger partial charge on any atom is -0.478 e. The zero-order valence-electron chi connectivity index (χ0n) is 6.50. The molecular weight excluding hydrogens is 142 g/mol. The third-order valence-corrected chi connectivity index (χ3v) is 1.47. The van der Waals surface area contributed by atoms with Crippen LogP contribution in [0.25, 0.3) is 0 Å². The van der Waals surface area contributed by atoms with Crippen molar-refractivity contribution in [1.29, 1.82) is 5.26 Å². The summed E-state index contributed by atoms with van der Waals surface area (Å²) in [5.41, 5.74) is 0.110. The predicted octanol–water partition coefficient (Wildman–Crippen LogP) is 1.57. The maximum Gasteiger partial charge on any atom is 0.330 e. The number of hydrogen-bond donors (Lipinski definition) is 1. The zero-order chi connectivity index (χ0) is 8.85. The van der Waals surface area contributed by atoms with Crippen molar-refractivity contribution in [3.05, 3.63) is 12.2 Å². The van der Waals surface area contributed by atoms with Gasteiger partial charge in [0.25, 0.3) is 0 Å². The van der Waals surface area contributed by atoms with Crippen LogP contribution in [0.3, 0.4) is 0 Å². The van der Waals surface area contributed by atoms with E-state index in [1.54, 1.807) is 0 Å². The van der Waals surface area contributed by atoms with Crippen LogP contribution in [-0.4, -0.2) is 11.1 Å². The lowest BCUT2D eigenvalue weighted by Crippen LogP contribution is -2.04. The second-order valence-electron chi connectivity index (χ2n) is 2.35. The van der Waals surface area contributed by atoms with Gasteiger partial charge >= 0.3 is 5.97 Å². The van der Waals surface area contributed by atoms with Crippen molar-refractivity contribution < 1.29 is 9.90 Å². The number of nitrogens with zero attached hydrogens (tertiary/aromatic N) is 1. The number of hydrogen-bond acceptors (Lipinski definition) is 2. The summed E-state index contributed by atoms with van der Waals surface area (Å²) in [6.07, 6.45) is 0.936. The number of aliphatic carboxylic acids is 1. The van der Waals surface area contributed by atoms with Gasteiger partial charge in [-0.1, -0.05) is 13.5 Å². The fraction of sp³-hybridized carbons (Fsp3) is 0.500. The predicted molar refractivity (Wildman–Crippen MR) is 40.8 cm³/mol. The van der Waals surface area contributed by atoms with Crippen LogP contribution in [0.15, 0.2) is 12.2 Å². The Morgan fingerprint density at radius 1 is 1.82 bits per heavy atom. The van der Waals surface area contributed by atoms with E-state index in [2.05, 4.69) is 6.58 Å². The van der Waals surface area contributed by atoms with Crippen molar-refractivity contribution in [3.63, 3.8) is 0 Å². The molecule has 3 heteroatoms. The highest BCUT2D eigenvalue weighted by molar-refractivity contribution is 5.85. The Morgan fingerprint density at radius 3 is 2.64 bits per heavy atom. The summed E-state index contributed by atoms with van der Waals surface area (Å²) in [6.45, 7) is 5.19. The molecule has 1 N–H and O–H groups in total. The largest absolute Gasteiger partial charge is 0.478 e. The number of carboxylic acids is 1. The summed E-state index contributed by atoms with van der Waals surface area (Å²) in [5.74, 6) is -1.22. The molecule has 0 aliphatic heterocycles. The van der Waals surface area contributed by atoms with Crippen molar-refractivity contribution >= 4 is 5.97 Å². The van der Waals surface area contributed by atoms with Gasteiger partial charge in [-0.05, 0) is 12.8 Å². The Balaban J connectivity index is 3.94. The summed E-state index contributed by atoms with van der Waals surface area (Å²) < 4.78 is 0. The second-order valence-corrected chi connectivity index (χ2v) is 2.35. The molecule has 3 nitrogen and oxygen atoms in total. The molecule has 0 radical (unpaired) electrons. The number of rotatable bonds is 4. The highest BCUT2D eigenvalue weighted by Crippen LogP contribution is 2.12. The molecule has 0 saturated heterocycles. The van der Waals surface area contributed by atoms with Gasteiger partial charge in [0.1, 0.15) is 0 Å². The van der Waals surface area contributed by atoms with Crippen molar-refractivity contribution in [2.24, 2.45) is 5.92 Å². The lowest BCUT2D eigenvalue weighted by Gasteiger charge is -2.03. The molecule has 0 heterocycles. The van der Waals surface area contributed by atoms with E-state index < -0.39 is 5.97 Å². The molecule has 0 aromatic carbocycles. The highest BCUT2D eigenvalue weighted by Gasteiger charge is 2.10. The molecule has 0 aliphatic rings. The third-order valence-electron chi connectivity index (χ3n) is 1.47. The van der Waals surface area contributed by atoms with E-state index in [0.29, 0.717) is 6.42 Å². The summed E-state index contributed by atoms with van der Waals surface area (Å²) in [4.78, 5) is 10.3. The Hall–Kier alpha value is -1.30. The quantitative estimate of drug-likeness (QED) is 0.623. The molecule has 11 heavy (non-hydrogen) atoms. The molecule has 0 fully saturated rings. The SMILES string of the molecule is C=C(CC(C#N)CC)C(=O)O. The summed E-state index contributed by atoms with van der Waals surface area (Å²) in [7, 11) is 0. The first kappa shape index (κ1) is 9.70. The molecule has 0 bridgehead atoms. The van der Waals surface area contributed by atoms with E-state index in [1.807, 2.05) is 13.0 Å². The van der Waals surface area contributed by atoms with Crippen LogP contribution >= 0.6 is 0 Å². The number of nitriles is 1. The molecule has 1 atom stereocenters. The van der Waals surface area contributed by atoms with E-state index in [0.717, 1.165) is 0 Å². The van der Waals surface area contributed by atoms with Gasteiger partial charge in [0, 0.05) is 5.57 Å². The molecule has 0 spiro atoms.